The number of hydrogen-bond donors (Lipinski definition) is 1. The second-order valence-corrected chi connectivity index (χ2v) is 4.49. The molecule has 2 rings (SSSR count). The minimum absolute atomic E-state index is 0.118. The second kappa shape index (κ2) is 5.82. The summed E-state index contributed by atoms with van der Waals surface area (Å²) < 4.78 is 5.24. The highest BCUT2D eigenvalue weighted by Crippen LogP contribution is 2.10. The molecule has 1 amide bonds. The molecule has 1 aromatic heterocycles. The van der Waals surface area contributed by atoms with Crippen molar-refractivity contribution in [3.8, 4) is 0 Å². The van der Waals surface area contributed by atoms with Crippen LogP contribution in [0, 0.1) is 6.92 Å². The molecule has 0 spiro atoms. The molecule has 0 saturated carbocycles. The summed E-state index contributed by atoms with van der Waals surface area (Å²) in [5.74, 6) is 0.118. The first-order chi connectivity index (χ1) is 8.66. The number of carbonyl (C=O) groups excluding carboxylic acids is 1. The van der Waals surface area contributed by atoms with Gasteiger partial charge in [0.05, 0.1) is 13.2 Å². The lowest BCUT2D eigenvalue weighted by Gasteiger charge is -2.29. The number of pyridine rings is 1. The Kier molecular flexibility index (Phi) is 4.15. The number of anilines is 1. The number of carbonyl (C=O) groups is 1. The largest absolute Gasteiger partial charge is 0.378 e. The van der Waals surface area contributed by atoms with E-state index in [0.717, 1.165) is 11.4 Å². The first-order valence-electron chi connectivity index (χ1n) is 6.22. The van der Waals surface area contributed by atoms with Crippen molar-refractivity contribution in [2.75, 3.05) is 31.6 Å². The van der Waals surface area contributed by atoms with Crippen molar-refractivity contribution in [3.05, 3.63) is 24.0 Å². The zero-order valence-electron chi connectivity index (χ0n) is 10.8. The van der Waals surface area contributed by atoms with Crippen molar-refractivity contribution < 1.29 is 9.53 Å². The van der Waals surface area contributed by atoms with Crippen LogP contribution in [-0.4, -0.2) is 48.1 Å². The van der Waals surface area contributed by atoms with Gasteiger partial charge in [-0.3, -0.25) is 9.78 Å². The van der Waals surface area contributed by atoms with E-state index in [1.807, 2.05) is 30.9 Å². The van der Waals surface area contributed by atoms with Crippen LogP contribution in [0.2, 0.25) is 0 Å². The van der Waals surface area contributed by atoms with E-state index in [1.165, 1.54) is 0 Å². The zero-order valence-corrected chi connectivity index (χ0v) is 10.8. The highest BCUT2D eigenvalue weighted by atomic mass is 16.5. The molecule has 5 heteroatoms. The number of morpholine rings is 1. The summed E-state index contributed by atoms with van der Waals surface area (Å²) in [5, 5.41) is 3.21. The highest BCUT2D eigenvalue weighted by Gasteiger charge is 2.22. The lowest BCUT2D eigenvalue weighted by atomic mass is 10.2. The fourth-order valence-corrected chi connectivity index (χ4v) is 2.00. The van der Waals surface area contributed by atoms with Gasteiger partial charge in [-0.15, -0.1) is 0 Å². The molecule has 0 aromatic carbocycles. The molecular weight excluding hydrogens is 230 g/mol. The summed E-state index contributed by atoms with van der Waals surface area (Å²) in [6.07, 6.45) is 1.74. The minimum atomic E-state index is -0.232. The summed E-state index contributed by atoms with van der Waals surface area (Å²) in [6, 6.07) is 3.57. The molecule has 18 heavy (non-hydrogen) atoms. The number of nitrogens with zero attached hydrogens (tertiary/aromatic N) is 2. The maximum atomic E-state index is 12.2. The lowest BCUT2D eigenvalue weighted by Crippen LogP contribution is -2.47. The van der Waals surface area contributed by atoms with Gasteiger partial charge in [0.2, 0.25) is 5.91 Å². The van der Waals surface area contributed by atoms with Crippen molar-refractivity contribution in [1.82, 2.24) is 9.88 Å². The Bertz CT molecular complexity index is 416. The molecule has 1 aliphatic heterocycles. The van der Waals surface area contributed by atoms with Gasteiger partial charge in [-0.1, -0.05) is 0 Å². The third-order valence-electron chi connectivity index (χ3n) is 2.97. The SMILES string of the molecule is Cc1cc(NC(C)C(=O)N2CCOCC2)ccn1. The minimum Gasteiger partial charge on any atom is -0.378 e. The molecular formula is C13H19N3O2. The van der Waals surface area contributed by atoms with E-state index in [1.54, 1.807) is 6.20 Å². The number of nitrogens with one attached hydrogen (secondary N) is 1. The second-order valence-electron chi connectivity index (χ2n) is 4.49. The van der Waals surface area contributed by atoms with Crippen LogP contribution in [0.1, 0.15) is 12.6 Å². The van der Waals surface area contributed by atoms with E-state index in [0.29, 0.717) is 26.3 Å². The van der Waals surface area contributed by atoms with Crippen molar-refractivity contribution in [3.63, 3.8) is 0 Å². The van der Waals surface area contributed by atoms with Gasteiger partial charge >= 0.3 is 0 Å². The number of rotatable bonds is 3. The smallest absolute Gasteiger partial charge is 0.244 e. The number of aryl methyl sites for hydroxylation is 1. The summed E-state index contributed by atoms with van der Waals surface area (Å²) in [5.41, 5.74) is 1.86. The van der Waals surface area contributed by atoms with Crippen LogP contribution in [0.25, 0.3) is 0 Å². The quantitative estimate of drug-likeness (QED) is 0.870. The molecule has 0 radical (unpaired) electrons. The Hall–Kier alpha value is -1.62. The molecule has 1 unspecified atom stereocenters. The van der Waals surface area contributed by atoms with Crippen molar-refractivity contribution >= 4 is 11.6 Å². The van der Waals surface area contributed by atoms with E-state index in [4.69, 9.17) is 4.74 Å². The van der Waals surface area contributed by atoms with E-state index in [2.05, 4.69) is 10.3 Å². The van der Waals surface area contributed by atoms with Crippen LogP contribution < -0.4 is 5.32 Å². The molecule has 5 nitrogen and oxygen atoms in total. The van der Waals surface area contributed by atoms with Crippen LogP contribution in [0.4, 0.5) is 5.69 Å². The Labute approximate surface area is 107 Å². The Morgan fingerprint density at radius 1 is 1.50 bits per heavy atom. The zero-order chi connectivity index (χ0) is 13.0. The maximum absolute atomic E-state index is 12.2. The fraction of sp³-hybridized carbons (Fsp3) is 0.538. The van der Waals surface area contributed by atoms with Crippen LogP contribution >= 0.6 is 0 Å². The van der Waals surface area contributed by atoms with E-state index >= 15 is 0 Å². The molecule has 1 N–H and O–H groups in total. The first-order valence-corrected chi connectivity index (χ1v) is 6.22. The van der Waals surface area contributed by atoms with Crippen LogP contribution in [0.5, 0.6) is 0 Å². The molecule has 1 aliphatic rings. The van der Waals surface area contributed by atoms with Gasteiger partial charge in [0.1, 0.15) is 6.04 Å². The molecule has 1 saturated heterocycles. The predicted octanol–water partition coefficient (Wildman–Crippen LogP) is 1.05. The fourth-order valence-electron chi connectivity index (χ4n) is 2.00. The van der Waals surface area contributed by atoms with Crippen molar-refractivity contribution in [2.24, 2.45) is 0 Å². The van der Waals surface area contributed by atoms with Gasteiger partial charge < -0.3 is 15.0 Å². The summed E-state index contributed by atoms with van der Waals surface area (Å²) in [7, 11) is 0. The van der Waals surface area contributed by atoms with Gasteiger partial charge in [-0.25, -0.2) is 0 Å². The highest BCUT2D eigenvalue weighted by molar-refractivity contribution is 5.84. The lowest BCUT2D eigenvalue weighted by molar-refractivity contribution is -0.135. The molecule has 1 fully saturated rings. The number of ether oxygens (including phenoxy) is 1. The summed E-state index contributed by atoms with van der Waals surface area (Å²) in [4.78, 5) is 18.2. The van der Waals surface area contributed by atoms with E-state index < -0.39 is 0 Å². The Morgan fingerprint density at radius 2 is 2.22 bits per heavy atom. The normalized spacial score (nSPS) is 17.3. The predicted molar refractivity (Wildman–Crippen MR) is 69.5 cm³/mol. The van der Waals surface area contributed by atoms with Gasteiger partial charge in [0, 0.05) is 30.7 Å². The third-order valence-corrected chi connectivity index (χ3v) is 2.97. The molecule has 98 valence electrons. The third kappa shape index (κ3) is 3.20. The average molecular weight is 249 g/mol. The van der Waals surface area contributed by atoms with Gasteiger partial charge in [0.25, 0.3) is 0 Å². The number of amides is 1. The Balaban J connectivity index is 1.94. The summed E-state index contributed by atoms with van der Waals surface area (Å²) in [6.45, 7) is 6.44. The first kappa shape index (κ1) is 12.8. The number of aromatic nitrogens is 1. The van der Waals surface area contributed by atoms with Crippen molar-refractivity contribution in [1.29, 1.82) is 0 Å². The number of hydrogen-bond acceptors (Lipinski definition) is 4. The topological polar surface area (TPSA) is 54.5 Å². The van der Waals surface area contributed by atoms with E-state index in [-0.39, 0.29) is 11.9 Å². The monoisotopic (exact) mass is 249 g/mol. The van der Waals surface area contributed by atoms with Gasteiger partial charge in [-0.2, -0.15) is 0 Å². The molecule has 0 bridgehead atoms. The van der Waals surface area contributed by atoms with Crippen LogP contribution in [-0.2, 0) is 9.53 Å². The Morgan fingerprint density at radius 3 is 2.89 bits per heavy atom. The maximum Gasteiger partial charge on any atom is 0.244 e. The summed E-state index contributed by atoms with van der Waals surface area (Å²) >= 11 is 0. The van der Waals surface area contributed by atoms with Gasteiger partial charge in [0.15, 0.2) is 0 Å². The van der Waals surface area contributed by atoms with Crippen LogP contribution in [0.3, 0.4) is 0 Å². The van der Waals surface area contributed by atoms with E-state index in [9.17, 15) is 4.79 Å². The van der Waals surface area contributed by atoms with Crippen molar-refractivity contribution in [2.45, 2.75) is 19.9 Å². The average Bonchev–Trinajstić information content (AvgIpc) is 2.39. The molecule has 1 atom stereocenters. The van der Waals surface area contributed by atoms with Crippen LogP contribution in [0.15, 0.2) is 18.3 Å². The molecule has 0 aliphatic carbocycles. The molecule has 2 heterocycles. The standard InChI is InChI=1S/C13H19N3O2/c1-10-9-12(3-4-14-10)15-11(2)13(17)16-5-7-18-8-6-16/h3-4,9,11H,5-8H2,1-2H3,(H,14,15). The van der Waals surface area contributed by atoms with Gasteiger partial charge in [-0.05, 0) is 26.0 Å². The molecule has 1 aromatic rings.